The highest BCUT2D eigenvalue weighted by molar-refractivity contribution is 6.12. The fourth-order valence-electron chi connectivity index (χ4n) is 9.57. The van der Waals surface area contributed by atoms with E-state index in [4.69, 9.17) is 0 Å². The lowest BCUT2D eigenvalue weighted by atomic mass is 9.95. The van der Waals surface area contributed by atoms with Crippen LogP contribution in [0.1, 0.15) is 5.48 Å². The highest BCUT2D eigenvalue weighted by atomic mass is 15.2. The molecule has 316 valence electrons. The summed E-state index contributed by atoms with van der Waals surface area (Å²) >= 11 is 0. The monoisotopic (exact) mass is 859 g/mol. The zero-order valence-corrected chi connectivity index (χ0v) is 36.5. The summed E-state index contributed by atoms with van der Waals surface area (Å²) in [6.45, 7) is 0. The molecular formula is C64H45N3. The second-order valence-corrected chi connectivity index (χ2v) is 16.6. The first-order valence-corrected chi connectivity index (χ1v) is 22.6. The topological polar surface area (TPSA) is 11.4 Å². The van der Waals surface area contributed by atoms with Crippen molar-refractivity contribution in [1.82, 2.24) is 4.57 Å². The van der Waals surface area contributed by atoms with Gasteiger partial charge in [-0.3, -0.25) is 0 Å². The van der Waals surface area contributed by atoms with E-state index in [0.717, 1.165) is 83.6 Å². The van der Waals surface area contributed by atoms with Crippen molar-refractivity contribution in [2.45, 2.75) is 0 Å². The van der Waals surface area contributed by atoms with Crippen LogP contribution in [0.5, 0.6) is 0 Å². The predicted molar refractivity (Wildman–Crippen MR) is 284 cm³/mol. The summed E-state index contributed by atoms with van der Waals surface area (Å²) in [5.74, 6) is 0. The maximum absolute atomic E-state index is 9.77. The van der Waals surface area contributed by atoms with Crippen molar-refractivity contribution >= 4 is 66.7 Å². The predicted octanol–water partition coefficient (Wildman–Crippen LogP) is 17.9. The molecule has 0 unspecified atom stereocenters. The first-order valence-electron chi connectivity index (χ1n) is 24.6. The Bertz CT molecular complexity index is 3890. The quantitative estimate of drug-likeness (QED) is 0.136. The number of para-hydroxylation sites is 4. The number of aromatic nitrogens is 1. The third-order valence-electron chi connectivity index (χ3n) is 12.7. The van der Waals surface area contributed by atoms with Gasteiger partial charge in [-0.1, -0.05) is 194 Å². The minimum absolute atomic E-state index is 0.119. The molecule has 0 spiro atoms. The molecule has 12 rings (SSSR count). The molecule has 1 heterocycles. The zero-order chi connectivity index (χ0) is 48.0. The summed E-state index contributed by atoms with van der Waals surface area (Å²) in [6.07, 6.45) is 0. The maximum atomic E-state index is 9.77. The van der Waals surface area contributed by atoms with E-state index in [9.17, 15) is 5.48 Å². The average molecular weight is 860 g/mol. The van der Waals surface area contributed by atoms with E-state index in [1.807, 2.05) is 114 Å². The van der Waals surface area contributed by atoms with Gasteiger partial charge in [0.25, 0.3) is 0 Å². The molecule has 0 amide bonds. The van der Waals surface area contributed by atoms with Gasteiger partial charge in [0.15, 0.2) is 0 Å². The molecule has 0 aliphatic rings. The van der Waals surface area contributed by atoms with Gasteiger partial charge in [-0.15, -0.1) is 0 Å². The Hall–Kier alpha value is -8.92. The molecular weight excluding hydrogens is 811 g/mol. The fraction of sp³-hybridized carbons (Fsp3) is 0. The van der Waals surface area contributed by atoms with Gasteiger partial charge < -0.3 is 14.4 Å². The molecule has 0 saturated heterocycles. The Kier molecular flexibility index (Phi) is 9.11. The smallest absolute Gasteiger partial charge is 0.0645 e. The van der Waals surface area contributed by atoms with Crippen LogP contribution in [0, 0.1) is 0 Å². The van der Waals surface area contributed by atoms with Gasteiger partial charge in [0.2, 0.25) is 0 Å². The van der Waals surface area contributed by atoms with Crippen LogP contribution in [0.15, 0.2) is 273 Å². The summed E-state index contributed by atoms with van der Waals surface area (Å²) < 4.78 is 41.3. The number of rotatable bonds is 10. The van der Waals surface area contributed by atoms with E-state index in [0.29, 0.717) is 5.56 Å². The van der Waals surface area contributed by atoms with Crippen molar-refractivity contribution in [3.8, 4) is 39.1 Å². The van der Waals surface area contributed by atoms with Crippen LogP contribution in [0.2, 0.25) is 0 Å². The largest absolute Gasteiger partial charge is 0.311 e. The van der Waals surface area contributed by atoms with Crippen LogP contribution in [0.3, 0.4) is 0 Å². The van der Waals surface area contributed by atoms with Gasteiger partial charge >= 0.3 is 0 Å². The SMILES string of the molecule is [2H]c1c([2H])c(N(c2ccccc2)c2ccc(-c3ccccc3)cc2)c([2H])c([2H])c1-c1cccc2c(N(c3ccc4c5ccccc5n(-c5ccccc5)c4c3)c3ccccc3-c3ccccc3)cccc12. The van der Waals surface area contributed by atoms with Gasteiger partial charge in [0, 0.05) is 50.2 Å². The Labute approximate surface area is 396 Å². The van der Waals surface area contributed by atoms with E-state index in [-0.39, 0.29) is 35.4 Å². The Balaban J connectivity index is 1.05. The zero-order valence-electron chi connectivity index (χ0n) is 40.5. The second kappa shape index (κ2) is 17.2. The molecule has 0 fully saturated rings. The van der Waals surface area contributed by atoms with E-state index >= 15 is 0 Å². The fourth-order valence-corrected chi connectivity index (χ4v) is 9.57. The van der Waals surface area contributed by atoms with Crippen LogP contribution in [-0.2, 0) is 0 Å². The summed E-state index contributed by atoms with van der Waals surface area (Å²) in [7, 11) is 0. The number of nitrogens with zero attached hydrogens (tertiary/aromatic N) is 3. The van der Waals surface area contributed by atoms with Crippen LogP contribution in [0.25, 0.3) is 71.6 Å². The Morgan fingerprint density at radius 1 is 0.284 bits per heavy atom. The van der Waals surface area contributed by atoms with Crippen molar-refractivity contribution in [2.24, 2.45) is 0 Å². The van der Waals surface area contributed by atoms with Crippen LogP contribution in [-0.4, -0.2) is 4.57 Å². The molecule has 0 radical (unpaired) electrons. The first kappa shape index (κ1) is 35.4. The van der Waals surface area contributed by atoms with Gasteiger partial charge in [0.1, 0.15) is 0 Å². The number of hydrogen-bond donors (Lipinski definition) is 0. The molecule has 0 N–H and O–H groups in total. The molecule has 0 aliphatic carbocycles. The van der Waals surface area contributed by atoms with E-state index < -0.39 is 0 Å². The van der Waals surface area contributed by atoms with Crippen LogP contribution in [0.4, 0.5) is 34.1 Å². The van der Waals surface area contributed by atoms with Crippen LogP contribution < -0.4 is 9.80 Å². The molecule has 0 aliphatic heterocycles. The van der Waals surface area contributed by atoms with Crippen molar-refractivity contribution < 1.29 is 5.48 Å². The van der Waals surface area contributed by atoms with Gasteiger partial charge in [-0.25, -0.2) is 0 Å². The molecule has 12 aromatic rings. The molecule has 67 heavy (non-hydrogen) atoms. The normalized spacial score (nSPS) is 12.1. The molecule has 3 heteroatoms. The number of benzene rings is 11. The van der Waals surface area contributed by atoms with Crippen molar-refractivity contribution in [3.63, 3.8) is 0 Å². The Morgan fingerprint density at radius 2 is 0.806 bits per heavy atom. The van der Waals surface area contributed by atoms with Crippen molar-refractivity contribution in [2.75, 3.05) is 9.80 Å². The lowest BCUT2D eigenvalue weighted by molar-refractivity contribution is 1.18. The van der Waals surface area contributed by atoms with E-state index in [2.05, 4.69) is 149 Å². The molecule has 0 atom stereocenters. The third-order valence-corrected chi connectivity index (χ3v) is 12.7. The molecule has 3 nitrogen and oxygen atoms in total. The van der Waals surface area contributed by atoms with E-state index in [1.165, 1.54) is 5.39 Å². The summed E-state index contributed by atoms with van der Waals surface area (Å²) in [5.41, 5.74) is 12.8. The second-order valence-electron chi connectivity index (χ2n) is 16.6. The highest BCUT2D eigenvalue weighted by Crippen LogP contribution is 2.47. The lowest BCUT2D eigenvalue weighted by Gasteiger charge is -2.29. The molecule has 1 aromatic heterocycles. The molecule has 11 aromatic carbocycles. The summed E-state index contributed by atoms with van der Waals surface area (Å²) in [5, 5.41) is 4.01. The lowest BCUT2D eigenvalue weighted by Crippen LogP contribution is -2.12. The summed E-state index contributed by atoms with van der Waals surface area (Å²) in [4.78, 5) is 4.15. The van der Waals surface area contributed by atoms with Gasteiger partial charge in [-0.05, 0) is 112 Å². The average Bonchev–Trinajstić information content (AvgIpc) is 3.76. The van der Waals surface area contributed by atoms with E-state index in [1.54, 1.807) is 0 Å². The highest BCUT2D eigenvalue weighted by Gasteiger charge is 2.22. The van der Waals surface area contributed by atoms with Crippen LogP contribution >= 0.6 is 0 Å². The number of fused-ring (bicyclic) bond motifs is 4. The van der Waals surface area contributed by atoms with Gasteiger partial charge in [0.05, 0.1) is 27.9 Å². The Morgan fingerprint density at radius 3 is 1.57 bits per heavy atom. The van der Waals surface area contributed by atoms with Crippen molar-refractivity contribution in [3.05, 3.63) is 273 Å². The first-order chi connectivity index (χ1) is 34.9. The number of hydrogen-bond acceptors (Lipinski definition) is 2. The molecule has 0 saturated carbocycles. The van der Waals surface area contributed by atoms with Crippen molar-refractivity contribution in [1.29, 1.82) is 0 Å². The molecule has 0 bridgehead atoms. The minimum atomic E-state index is -0.134. The van der Waals surface area contributed by atoms with Gasteiger partial charge in [-0.2, -0.15) is 0 Å². The third kappa shape index (κ3) is 7.29. The standard InChI is InChI=1S/C64H45N3/c1-5-19-46(20-6-1)47-35-39-52(40-36-47)65(50-23-9-3-10-24-50)53-41-37-49(38-42-53)55-29-17-31-58-57(55)30-18-34-63(58)67(61-32-15-13-27-56(61)48-21-7-2-8-22-48)54-43-44-60-59-28-14-16-33-62(59)66(64(60)45-54)51-25-11-4-12-26-51/h1-45H/i37D,38D,41D,42D. The minimum Gasteiger partial charge on any atom is -0.311 e. The number of anilines is 6. The summed E-state index contributed by atoms with van der Waals surface area (Å²) in [6, 6.07) is 84.1. The maximum Gasteiger partial charge on any atom is 0.0645 e.